The lowest BCUT2D eigenvalue weighted by molar-refractivity contribution is 0.406. The lowest BCUT2D eigenvalue weighted by atomic mass is 10.4. The molecule has 0 aliphatic carbocycles. The Morgan fingerprint density at radius 3 is 2.67 bits per heavy atom. The van der Waals surface area contributed by atoms with Gasteiger partial charge >= 0.3 is 7.69 Å². The molecular weight excluding hydrogens is 78.8 g/mol. The van der Waals surface area contributed by atoms with Crippen LogP contribution in [-0.2, 0) is 4.65 Å². The molecule has 0 spiro atoms. The van der Waals surface area contributed by atoms with Gasteiger partial charge in [-0.1, -0.05) is 6.08 Å². The highest BCUT2D eigenvalue weighted by molar-refractivity contribution is 6.16. The van der Waals surface area contributed by atoms with Crippen LogP contribution >= 0.6 is 0 Å². The van der Waals surface area contributed by atoms with Crippen molar-refractivity contribution in [3.63, 3.8) is 0 Å². The molecule has 0 aromatic carbocycles. The van der Waals surface area contributed by atoms with Crippen LogP contribution in [0.2, 0.25) is 0 Å². The van der Waals surface area contributed by atoms with Gasteiger partial charge in [-0.2, -0.15) is 0 Å². The first-order chi connectivity index (χ1) is 2.91. The van der Waals surface area contributed by atoms with E-state index in [-0.39, 0.29) is 7.69 Å². The SMILES string of the molecule is C/C=C/OBO. The van der Waals surface area contributed by atoms with Gasteiger partial charge in [-0.15, -0.1) is 0 Å². The van der Waals surface area contributed by atoms with Crippen molar-refractivity contribution in [3.8, 4) is 0 Å². The zero-order valence-corrected chi connectivity index (χ0v) is 3.72. The molecule has 2 nitrogen and oxygen atoms in total. The van der Waals surface area contributed by atoms with Gasteiger partial charge in [0.25, 0.3) is 0 Å². The summed E-state index contributed by atoms with van der Waals surface area (Å²) in [6.45, 7) is 1.82. The molecule has 0 saturated heterocycles. The van der Waals surface area contributed by atoms with Crippen molar-refractivity contribution in [2.75, 3.05) is 0 Å². The molecule has 0 aliphatic heterocycles. The third kappa shape index (κ3) is 3.56. The van der Waals surface area contributed by atoms with Crippen LogP contribution in [0.4, 0.5) is 0 Å². The lowest BCUT2D eigenvalue weighted by Gasteiger charge is -1.83. The summed E-state index contributed by atoms with van der Waals surface area (Å²) in [6.07, 6.45) is 3.14. The van der Waals surface area contributed by atoms with Gasteiger partial charge in [-0.05, 0) is 6.92 Å². The summed E-state index contributed by atoms with van der Waals surface area (Å²) < 4.78 is 4.36. The van der Waals surface area contributed by atoms with Crippen LogP contribution in [-0.4, -0.2) is 12.7 Å². The van der Waals surface area contributed by atoms with Crippen molar-refractivity contribution in [3.05, 3.63) is 12.3 Å². The van der Waals surface area contributed by atoms with Crippen LogP contribution in [0.3, 0.4) is 0 Å². The van der Waals surface area contributed by atoms with Gasteiger partial charge in [0.05, 0.1) is 6.26 Å². The van der Waals surface area contributed by atoms with Crippen LogP contribution in [0, 0.1) is 0 Å². The Morgan fingerprint density at radius 2 is 2.50 bits per heavy atom. The van der Waals surface area contributed by atoms with E-state index in [9.17, 15) is 0 Å². The van der Waals surface area contributed by atoms with E-state index in [1.807, 2.05) is 6.92 Å². The average Bonchev–Trinajstić information content (AvgIpc) is 1.61. The molecule has 0 atom stereocenters. The number of hydrogen-bond acceptors (Lipinski definition) is 2. The minimum Gasteiger partial charge on any atom is -0.545 e. The van der Waals surface area contributed by atoms with Gasteiger partial charge in [-0.3, -0.25) is 0 Å². The highest BCUT2D eigenvalue weighted by atomic mass is 16.5. The van der Waals surface area contributed by atoms with Gasteiger partial charge in [0.1, 0.15) is 0 Å². The second-order valence-electron chi connectivity index (χ2n) is 0.765. The monoisotopic (exact) mass is 86.1 g/mol. The fourth-order valence-electron chi connectivity index (χ4n) is 0.139. The number of allylic oxidation sites excluding steroid dienone is 1. The lowest BCUT2D eigenvalue weighted by Crippen LogP contribution is -1.86. The molecule has 0 amide bonds. The second-order valence-corrected chi connectivity index (χ2v) is 0.765. The van der Waals surface area contributed by atoms with E-state index < -0.39 is 0 Å². The van der Waals surface area contributed by atoms with Crippen molar-refractivity contribution < 1.29 is 9.68 Å². The van der Waals surface area contributed by atoms with E-state index in [4.69, 9.17) is 5.02 Å². The summed E-state index contributed by atoms with van der Waals surface area (Å²) in [5.41, 5.74) is 0. The molecule has 3 heteroatoms. The van der Waals surface area contributed by atoms with E-state index in [2.05, 4.69) is 4.65 Å². The second kappa shape index (κ2) is 4.56. The molecule has 0 bridgehead atoms. The fraction of sp³-hybridized carbons (Fsp3) is 0.333. The molecule has 0 rings (SSSR count). The molecule has 0 fully saturated rings. The number of hydrogen-bond donors (Lipinski definition) is 1. The highest BCUT2D eigenvalue weighted by Gasteiger charge is 1.69. The average molecular weight is 85.9 g/mol. The van der Waals surface area contributed by atoms with Gasteiger partial charge in [-0.25, -0.2) is 0 Å². The van der Waals surface area contributed by atoms with Crippen LogP contribution < -0.4 is 0 Å². The summed E-state index contributed by atoms with van der Waals surface area (Å²) in [7, 11) is -0.232. The Bertz CT molecular complexity index is 44.1. The molecule has 0 saturated carbocycles. The third-order valence-corrected chi connectivity index (χ3v) is 0.307. The van der Waals surface area contributed by atoms with Crippen molar-refractivity contribution in [2.45, 2.75) is 6.92 Å². The van der Waals surface area contributed by atoms with E-state index in [0.717, 1.165) is 0 Å². The summed E-state index contributed by atoms with van der Waals surface area (Å²) in [5, 5.41) is 7.92. The zero-order chi connectivity index (χ0) is 4.83. The molecule has 0 radical (unpaired) electrons. The molecule has 34 valence electrons. The maximum absolute atomic E-state index is 7.92. The molecular formula is C3H7BO2. The number of rotatable bonds is 2. The summed E-state index contributed by atoms with van der Waals surface area (Å²) in [5.74, 6) is 0. The van der Waals surface area contributed by atoms with Crippen molar-refractivity contribution in [2.24, 2.45) is 0 Å². The molecule has 0 aromatic rings. The summed E-state index contributed by atoms with van der Waals surface area (Å²) in [4.78, 5) is 0. The quantitative estimate of drug-likeness (QED) is 0.372. The smallest absolute Gasteiger partial charge is 0.503 e. The maximum Gasteiger partial charge on any atom is 0.503 e. The molecule has 0 aliphatic rings. The zero-order valence-electron chi connectivity index (χ0n) is 3.72. The standard InChI is InChI=1S/C3H7BO2/c1-2-3-6-4-5/h2-5H,1H3/b3-2+. The first-order valence-corrected chi connectivity index (χ1v) is 1.75. The van der Waals surface area contributed by atoms with E-state index in [1.165, 1.54) is 6.26 Å². The summed E-state index contributed by atoms with van der Waals surface area (Å²) in [6, 6.07) is 0. The Labute approximate surface area is 37.7 Å². The molecule has 1 N–H and O–H groups in total. The minimum atomic E-state index is -0.232. The first-order valence-electron chi connectivity index (χ1n) is 1.75. The van der Waals surface area contributed by atoms with Gasteiger partial charge < -0.3 is 9.68 Å². The predicted molar refractivity (Wildman–Crippen MR) is 25.3 cm³/mol. The normalized spacial score (nSPS) is 9.00. The predicted octanol–water partition coefficient (Wildman–Crippen LogP) is -0.205. The Hall–Kier alpha value is -0.435. The molecule has 6 heavy (non-hydrogen) atoms. The van der Waals surface area contributed by atoms with Gasteiger partial charge in [0, 0.05) is 0 Å². The maximum atomic E-state index is 7.92. The molecule has 0 heterocycles. The largest absolute Gasteiger partial charge is 0.545 e. The van der Waals surface area contributed by atoms with Crippen LogP contribution in [0.5, 0.6) is 0 Å². The summed E-state index contributed by atoms with van der Waals surface area (Å²) >= 11 is 0. The Kier molecular flexibility index (Phi) is 4.23. The fourth-order valence-corrected chi connectivity index (χ4v) is 0.139. The van der Waals surface area contributed by atoms with Crippen molar-refractivity contribution >= 4 is 7.69 Å². The Morgan fingerprint density at radius 1 is 1.83 bits per heavy atom. The topological polar surface area (TPSA) is 29.5 Å². The highest BCUT2D eigenvalue weighted by Crippen LogP contribution is 1.67. The van der Waals surface area contributed by atoms with E-state index in [1.54, 1.807) is 6.08 Å². The first kappa shape index (κ1) is 5.56. The molecule has 0 unspecified atom stereocenters. The van der Waals surface area contributed by atoms with E-state index >= 15 is 0 Å². The van der Waals surface area contributed by atoms with Gasteiger partial charge in [0.15, 0.2) is 0 Å². The van der Waals surface area contributed by atoms with Crippen LogP contribution in [0.25, 0.3) is 0 Å². The minimum absolute atomic E-state index is 0.232. The van der Waals surface area contributed by atoms with Gasteiger partial charge in [0.2, 0.25) is 0 Å². The van der Waals surface area contributed by atoms with Crippen LogP contribution in [0.15, 0.2) is 12.3 Å². The molecule has 0 aromatic heterocycles. The van der Waals surface area contributed by atoms with Crippen molar-refractivity contribution in [1.82, 2.24) is 0 Å². The van der Waals surface area contributed by atoms with Crippen molar-refractivity contribution in [1.29, 1.82) is 0 Å². The van der Waals surface area contributed by atoms with E-state index in [0.29, 0.717) is 0 Å². The Balaban J connectivity index is 2.66. The van der Waals surface area contributed by atoms with Crippen LogP contribution in [0.1, 0.15) is 6.92 Å². The third-order valence-electron chi connectivity index (χ3n) is 0.307.